The summed E-state index contributed by atoms with van der Waals surface area (Å²) in [5.74, 6) is 2.73. The van der Waals surface area contributed by atoms with Crippen LogP contribution >= 0.6 is 0 Å². The predicted octanol–water partition coefficient (Wildman–Crippen LogP) is 2.84. The van der Waals surface area contributed by atoms with E-state index in [1.807, 2.05) is 6.07 Å². The average molecular weight is 278 g/mol. The van der Waals surface area contributed by atoms with Crippen molar-refractivity contribution in [2.24, 2.45) is 0 Å². The zero-order chi connectivity index (χ0) is 14.4. The molecule has 0 saturated heterocycles. The fourth-order valence-electron chi connectivity index (χ4n) is 2.57. The number of nitrogens with one attached hydrogen (secondary N) is 2. The minimum atomic E-state index is 0.387. The molecular weight excluding hydrogens is 252 g/mol. The Bertz CT molecular complexity index is 424. The Labute approximate surface area is 121 Å². The van der Waals surface area contributed by atoms with E-state index in [2.05, 4.69) is 34.4 Å². The van der Waals surface area contributed by atoms with E-state index in [1.165, 1.54) is 0 Å². The van der Waals surface area contributed by atoms with Crippen LogP contribution in [0.25, 0.3) is 0 Å². The SMILES string of the molecule is CCCNc1cc(NC2CCC(OC)C2)nc(CC)n1. The minimum absolute atomic E-state index is 0.387. The van der Waals surface area contributed by atoms with Crippen molar-refractivity contribution in [3.8, 4) is 0 Å². The summed E-state index contributed by atoms with van der Waals surface area (Å²) in [5.41, 5.74) is 0. The molecule has 2 rings (SSSR count). The summed E-state index contributed by atoms with van der Waals surface area (Å²) in [6.07, 6.45) is 5.65. The van der Waals surface area contributed by atoms with Crippen LogP contribution in [0.15, 0.2) is 6.07 Å². The highest BCUT2D eigenvalue weighted by Crippen LogP contribution is 2.25. The third-order valence-corrected chi connectivity index (χ3v) is 3.71. The zero-order valence-corrected chi connectivity index (χ0v) is 12.8. The summed E-state index contributed by atoms with van der Waals surface area (Å²) in [5, 5.41) is 6.86. The summed E-state index contributed by atoms with van der Waals surface area (Å²) in [4.78, 5) is 9.08. The van der Waals surface area contributed by atoms with Crippen molar-refractivity contribution in [1.82, 2.24) is 9.97 Å². The van der Waals surface area contributed by atoms with Crippen molar-refractivity contribution in [1.29, 1.82) is 0 Å². The van der Waals surface area contributed by atoms with Gasteiger partial charge in [-0.2, -0.15) is 0 Å². The molecule has 2 N–H and O–H groups in total. The number of methoxy groups -OCH3 is 1. The normalized spacial score (nSPS) is 21.9. The third-order valence-electron chi connectivity index (χ3n) is 3.71. The molecule has 0 spiro atoms. The van der Waals surface area contributed by atoms with Crippen molar-refractivity contribution < 1.29 is 4.74 Å². The lowest BCUT2D eigenvalue weighted by atomic mass is 10.2. The van der Waals surface area contributed by atoms with Gasteiger partial charge in [0.25, 0.3) is 0 Å². The van der Waals surface area contributed by atoms with Crippen LogP contribution in [0.1, 0.15) is 45.4 Å². The molecule has 1 aliphatic carbocycles. The summed E-state index contributed by atoms with van der Waals surface area (Å²) in [6.45, 7) is 5.17. The molecule has 0 bridgehead atoms. The van der Waals surface area contributed by atoms with E-state index in [1.54, 1.807) is 7.11 Å². The number of nitrogens with zero attached hydrogens (tertiary/aromatic N) is 2. The fourth-order valence-corrected chi connectivity index (χ4v) is 2.57. The monoisotopic (exact) mass is 278 g/mol. The summed E-state index contributed by atoms with van der Waals surface area (Å²) in [7, 11) is 1.79. The minimum Gasteiger partial charge on any atom is -0.381 e. The maximum atomic E-state index is 5.42. The molecule has 112 valence electrons. The van der Waals surface area contributed by atoms with Gasteiger partial charge in [-0.3, -0.25) is 0 Å². The first kappa shape index (κ1) is 15.0. The smallest absolute Gasteiger partial charge is 0.132 e. The van der Waals surface area contributed by atoms with Crippen LogP contribution < -0.4 is 10.6 Å². The van der Waals surface area contributed by atoms with E-state index < -0.39 is 0 Å². The van der Waals surface area contributed by atoms with E-state index in [9.17, 15) is 0 Å². The molecule has 2 unspecified atom stereocenters. The number of anilines is 2. The quantitative estimate of drug-likeness (QED) is 0.803. The molecule has 5 nitrogen and oxygen atoms in total. The van der Waals surface area contributed by atoms with Crippen LogP contribution in [-0.2, 0) is 11.2 Å². The molecule has 1 aromatic rings. The number of aromatic nitrogens is 2. The highest BCUT2D eigenvalue weighted by Gasteiger charge is 2.24. The Kier molecular flexibility index (Phi) is 5.59. The van der Waals surface area contributed by atoms with E-state index in [0.29, 0.717) is 12.1 Å². The van der Waals surface area contributed by atoms with Crippen LogP contribution in [0.4, 0.5) is 11.6 Å². The lowest BCUT2D eigenvalue weighted by Gasteiger charge is -2.15. The van der Waals surface area contributed by atoms with Gasteiger partial charge in [-0.05, 0) is 25.7 Å². The molecule has 2 atom stereocenters. The van der Waals surface area contributed by atoms with Crippen LogP contribution in [0.2, 0.25) is 0 Å². The molecule has 0 aliphatic heterocycles. The fraction of sp³-hybridized carbons (Fsp3) is 0.733. The Morgan fingerprint density at radius 1 is 1.25 bits per heavy atom. The molecule has 1 aliphatic rings. The highest BCUT2D eigenvalue weighted by molar-refractivity contribution is 5.48. The first-order valence-corrected chi connectivity index (χ1v) is 7.66. The van der Waals surface area contributed by atoms with Crippen LogP contribution in [0.3, 0.4) is 0 Å². The van der Waals surface area contributed by atoms with Gasteiger partial charge in [0.1, 0.15) is 17.5 Å². The summed E-state index contributed by atoms with van der Waals surface area (Å²) < 4.78 is 5.42. The molecule has 20 heavy (non-hydrogen) atoms. The molecule has 1 saturated carbocycles. The van der Waals surface area contributed by atoms with Gasteiger partial charge in [0, 0.05) is 32.2 Å². The lowest BCUT2D eigenvalue weighted by molar-refractivity contribution is 0.108. The first-order chi connectivity index (χ1) is 9.75. The summed E-state index contributed by atoms with van der Waals surface area (Å²) >= 11 is 0. The van der Waals surface area contributed by atoms with E-state index in [-0.39, 0.29) is 0 Å². The Hall–Kier alpha value is -1.36. The molecule has 1 heterocycles. The molecule has 0 radical (unpaired) electrons. The second kappa shape index (κ2) is 7.43. The number of hydrogen-bond donors (Lipinski definition) is 2. The van der Waals surface area contributed by atoms with Crippen molar-refractivity contribution in [2.45, 2.75) is 58.1 Å². The van der Waals surface area contributed by atoms with Crippen LogP contribution in [0.5, 0.6) is 0 Å². The van der Waals surface area contributed by atoms with Gasteiger partial charge in [0.2, 0.25) is 0 Å². The van der Waals surface area contributed by atoms with Gasteiger partial charge in [-0.15, -0.1) is 0 Å². The maximum absolute atomic E-state index is 5.42. The third kappa shape index (κ3) is 4.07. The first-order valence-electron chi connectivity index (χ1n) is 7.66. The molecule has 5 heteroatoms. The van der Waals surface area contributed by atoms with Crippen LogP contribution in [-0.4, -0.2) is 35.8 Å². The number of rotatable bonds is 7. The number of aryl methyl sites for hydroxylation is 1. The molecule has 0 amide bonds. The number of ether oxygens (including phenoxy) is 1. The van der Waals surface area contributed by atoms with Gasteiger partial charge in [-0.25, -0.2) is 9.97 Å². The largest absolute Gasteiger partial charge is 0.381 e. The Balaban J connectivity index is 2.02. The van der Waals surface area contributed by atoms with Gasteiger partial charge in [0.05, 0.1) is 6.10 Å². The summed E-state index contributed by atoms with van der Waals surface area (Å²) in [6, 6.07) is 2.47. The second-order valence-electron chi connectivity index (χ2n) is 5.35. The maximum Gasteiger partial charge on any atom is 0.132 e. The topological polar surface area (TPSA) is 59.1 Å². The highest BCUT2D eigenvalue weighted by atomic mass is 16.5. The molecular formula is C15H26N4O. The van der Waals surface area contributed by atoms with Crippen LogP contribution in [0, 0.1) is 0 Å². The standard InChI is InChI=1S/C15H26N4O/c1-4-8-16-14-10-15(19-13(5-2)18-14)17-11-6-7-12(9-11)20-3/h10-12H,4-9H2,1-3H3,(H2,16,17,18,19). The lowest BCUT2D eigenvalue weighted by Crippen LogP contribution is -2.19. The van der Waals surface area contributed by atoms with Crippen molar-refractivity contribution in [3.63, 3.8) is 0 Å². The van der Waals surface area contributed by atoms with Crippen molar-refractivity contribution in [2.75, 3.05) is 24.3 Å². The second-order valence-corrected chi connectivity index (χ2v) is 5.35. The molecule has 1 fully saturated rings. The average Bonchev–Trinajstić information content (AvgIpc) is 2.92. The van der Waals surface area contributed by atoms with Crippen molar-refractivity contribution in [3.05, 3.63) is 11.9 Å². The van der Waals surface area contributed by atoms with E-state index in [0.717, 1.165) is 56.1 Å². The predicted molar refractivity (Wildman–Crippen MR) is 82.2 cm³/mol. The Morgan fingerprint density at radius 3 is 2.70 bits per heavy atom. The van der Waals surface area contributed by atoms with E-state index >= 15 is 0 Å². The van der Waals surface area contributed by atoms with Crippen molar-refractivity contribution >= 4 is 11.6 Å². The van der Waals surface area contributed by atoms with Gasteiger partial charge >= 0.3 is 0 Å². The Morgan fingerprint density at radius 2 is 2.05 bits per heavy atom. The van der Waals surface area contributed by atoms with Gasteiger partial charge in [-0.1, -0.05) is 13.8 Å². The number of hydrogen-bond acceptors (Lipinski definition) is 5. The zero-order valence-electron chi connectivity index (χ0n) is 12.8. The molecule has 1 aromatic heterocycles. The molecule has 0 aromatic carbocycles. The van der Waals surface area contributed by atoms with Gasteiger partial charge < -0.3 is 15.4 Å². The van der Waals surface area contributed by atoms with E-state index in [4.69, 9.17) is 4.74 Å². The van der Waals surface area contributed by atoms with Gasteiger partial charge in [0.15, 0.2) is 0 Å².